The number of aromatic nitrogens is 4. The Kier molecular flexibility index (Phi) is 2.85. The lowest BCUT2D eigenvalue weighted by Gasteiger charge is -2.31. The van der Waals surface area contributed by atoms with Gasteiger partial charge < -0.3 is 9.47 Å². The second-order valence-corrected chi connectivity index (χ2v) is 6.15. The molecule has 0 amide bonds. The Morgan fingerprint density at radius 1 is 1.16 bits per heavy atom. The molecule has 0 unspecified atom stereocenters. The van der Waals surface area contributed by atoms with Gasteiger partial charge in [-0.3, -0.25) is 5.10 Å². The average Bonchev–Trinajstić information content (AvgIpc) is 3.15. The Morgan fingerprint density at radius 3 is 2.76 bits per heavy atom. The van der Waals surface area contributed by atoms with Crippen LogP contribution in [0.25, 0.3) is 11.4 Å². The van der Waals surface area contributed by atoms with E-state index in [-0.39, 0.29) is 11.4 Å². The van der Waals surface area contributed by atoms with Crippen molar-refractivity contribution in [1.29, 1.82) is 0 Å². The number of hydrogen-bond donors (Lipinski definition) is 1. The first-order valence-electron chi connectivity index (χ1n) is 8.06. The zero-order valence-electron chi connectivity index (χ0n) is 13.4. The van der Waals surface area contributed by atoms with Crippen molar-refractivity contribution in [3.8, 4) is 11.4 Å². The molecule has 3 aromatic rings. The smallest absolute Gasteiger partial charge is 0.148 e. The van der Waals surface area contributed by atoms with Crippen LogP contribution in [0.4, 0.5) is 20.3 Å². The van der Waals surface area contributed by atoms with Gasteiger partial charge >= 0.3 is 0 Å². The summed E-state index contributed by atoms with van der Waals surface area (Å²) in [5.41, 5.74) is 1.76. The number of halogens is 2. The minimum Gasteiger partial charge on any atom is -0.314 e. The fourth-order valence-corrected chi connectivity index (χ4v) is 3.58. The summed E-state index contributed by atoms with van der Waals surface area (Å²) in [5, 5.41) is 6.96. The molecule has 4 heterocycles. The van der Waals surface area contributed by atoms with E-state index in [1.807, 2.05) is 11.8 Å². The number of aliphatic imine (C=N–C) groups is 1. The van der Waals surface area contributed by atoms with Crippen LogP contribution in [0.5, 0.6) is 0 Å². The number of fused-ring (bicyclic) bond motifs is 2. The van der Waals surface area contributed by atoms with Gasteiger partial charge in [0.15, 0.2) is 0 Å². The van der Waals surface area contributed by atoms with Gasteiger partial charge in [0, 0.05) is 13.1 Å². The zero-order chi connectivity index (χ0) is 17.1. The van der Waals surface area contributed by atoms with Crippen molar-refractivity contribution in [2.24, 2.45) is 4.99 Å². The first-order valence-corrected chi connectivity index (χ1v) is 8.06. The molecule has 1 aromatic carbocycles. The fourth-order valence-electron chi connectivity index (χ4n) is 3.58. The second-order valence-electron chi connectivity index (χ2n) is 6.15. The van der Waals surface area contributed by atoms with Crippen LogP contribution in [0, 0.1) is 18.6 Å². The molecule has 0 bridgehead atoms. The van der Waals surface area contributed by atoms with Gasteiger partial charge in [0.1, 0.15) is 46.2 Å². The average molecular weight is 340 g/mol. The van der Waals surface area contributed by atoms with E-state index < -0.39 is 11.6 Å². The summed E-state index contributed by atoms with van der Waals surface area (Å²) in [6.45, 7) is 3.35. The summed E-state index contributed by atoms with van der Waals surface area (Å²) < 4.78 is 31.0. The minimum absolute atomic E-state index is 0.130. The minimum atomic E-state index is -0.638. The highest BCUT2D eigenvalue weighted by Gasteiger charge is 2.34. The van der Waals surface area contributed by atoms with Crippen molar-refractivity contribution in [2.75, 3.05) is 11.4 Å². The van der Waals surface area contributed by atoms with Crippen molar-refractivity contribution in [3.63, 3.8) is 0 Å². The molecule has 0 spiro atoms. The van der Waals surface area contributed by atoms with E-state index in [4.69, 9.17) is 0 Å². The molecule has 25 heavy (non-hydrogen) atoms. The van der Waals surface area contributed by atoms with E-state index in [2.05, 4.69) is 24.7 Å². The Bertz CT molecular complexity index is 1010. The maximum absolute atomic E-state index is 14.5. The van der Waals surface area contributed by atoms with Crippen molar-refractivity contribution >= 4 is 17.3 Å². The van der Waals surface area contributed by atoms with Gasteiger partial charge in [-0.15, -0.1) is 0 Å². The molecule has 5 rings (SSSR count). The molecular formula is C17H14F2N6. The molecule has 0 fully saturated rings. The van der Waals surface area contributed by atoms with Gasteiger partial charge in [0.25, 0.3) is 0 Å². The number of aryl methyl sites for hydroxylation is 1. The highest BCUT2D eigenvalue weighted by atomic mass is 19.1. The van der Waals surface area contributed by atoms with Crippen molar-refractivity contribution in [2.45, 2.75) is 19.9 Å². The number of H-pyrrole nitrogens is 1. The molecule has 1 N–H and O–H groups in total. The van der Waals surface area contributed by atoms with Crippen LogP contribution in [0.1, 0.15) is 17.8 Å². The maximum Gasteiger partial charge on any atom is 0.148 e. The number of hydrogen-bond acceptors (Lipinski definition) is 4. The summed E-state index contributed by atoms with van der Waals surface area (Å²) in [6, 6.07) is 3.84. The number of nitrogens with one attached hydrogen (secondary N) is 1. The third-order valence-corrected chi connectivity index (χ3v) is 4.68. The van der Waals surface area contributed by atoms with Gasteiger partial charge in [0.05, 0.1) is 11.8 Å². The molecule has 2 aromatic heterocycles. The largest absolute Gasteiger partial charge is 0.314 e. The van der Waals surface area contributed by atoms with Crippen LogP contribution in [-0.4, -0.2) is 32.1 Å². The van der Waals surface area contributed by atoms with Crippen LogP contribution in [-0.2, 0) is 6.54 Å². The molecular weight excluding hydrogens is 326 g/mol. The normalized spacial score (nSPS) is 15.5. The number of anilines is 1. The molecule has 0 saturated carbocycles. The molecule has 2 aliphatic rings. The second kappa shape index (κ2) is 4.98. The third-order valence-electron chi connectivity index (χ3n) is 4.68. The highest BCUT2D eigenvalue weighted by Crippen LogP contribution is 2.41. The van der Waals surface area contributed by atoms with E-state index in [9.17, 15) is 8.78 Å². The molecule has 0 radical (unpaired) electrons. The lowest BCUT2D eigenvalue weighted by molar-refractivity contribution is 0.570. The van der Waals surface area contributed by atoms with E-state index in [0.717, 1.165) is 24.6 Å². The number of imidazole rings is 1. The molecule has 8 heteroatoms. The molecule has 2 aliphatic heterocycles. The Hall–Kier alpha value is -3.03. The van der Waals surface area contributed by atoms with Gasteiger partial charge in [0.2, 0.25) is 0 Å². The molecule has 0 aliphatic carbocycles. The zero-order valence-corrected chi connectivity index (χ0v) is 13.4. The number of rotatable bonds is 1. The summed E-state index contributed by atoms with van der Waals surface area (Å²) in [5.74, 6) is 0.623. The molecule has 126 valence electrons. The topological polar surface area (TPSA) is 62.1 Å². The number of nitrogens with zero attached hydrogens (tertiary/aromatic N) is 5. The van der Waals surface area contributed by atoms with Crippen molar-refractivity contribution in [3.05, 3.63) is 47.4 Å². The summed E-state index contributed by atoms with van der Waals surface area (Å²) in [6.07, 6.45) is 2.39. The summed E-state index contributed by atoms with van der Waals surface area (Å²) in [4.78, 5) is 11.1. The molecule has 6 nitrogen and oxygen atoms in total. The Balaban J connectivity index is 1.86. The number of amidine groups is 1. The SMILES string of the molecule is Cc1nc2c3n1CCCN3C(c1c(F)cccc1F)=Nc1cn[nH]c1-2. The van der Waals surface area contributed by atoms with Crippen molar-refractivity contribution < 1.29 is 8.78 Å². The van der Waals surface area contributed by atoms with Gasteiger partial charge in [-0.05, 0) is 25.5 Å². The summed E-state index contributed by atoms with van der Waals surface area (Å²) >= 11 is 0. The van der Waals surface area contributed by atoms with E-state index in [1.165, 1.54) is 18.2 Å². The van der Waals surface area contributed by atoms with Crippen molar-refractivity contribution in [1.82, 2.24) is 19.7 Å². The lowest BCUT2D eigenvalue weighted by atomic mass is 10.1. The van der Waals surface area contributed by atoms with Crippen LogP contribution in [0.2, 0.25) is 0 Å². The predicted molar refractivity (Wildman–Crippen MR) is 89.1 cm³/mol. The lowest BCUT2D eigenvalue weighted by Crippen LogP contribution is -2.39. The van der Waals surface area contributed by atoms with Crippen LogP contribution in [0.3, 0.4) is 0 Å². The number of benzene rings is 1. The maximum atomic E-state index is 14.5. The first kappa shape index (κ1) is 14.3. The van der Waals surface area contributed by atoms with Crippen LogP contribution in [0.15, 0.2) is 29.4 Å². The number of aromatic amines is 1. The molecule has 0 saturated heterocycles. The highest BCUT2D eigenvalue weighted by molar-refractivity contribution is 6.14. The molecule has 0 atom stereocenters. The Labute approximate surface area is 141 Å². The van der Waals surface area contributed by atoms with Gasteiger partial charge in [-0.1, -0.05) is 6.07 Å². The van der Waals surface area contributed by atoms with E-state index >= 15 is 0 Å². The standard InChI is InChI=1S/C17H14F2N6/c1-9-21-15-14-12(8-20-23-14)22-16(13-10(18)4-2-5-11(13)19)25-7-3-6-24(9)17(15)25/h2,4-5,8H,3,6-7H2,1H3,(H,20,23). The third kappa shape index (κ3) is 1.90. The van der Waals surface area contributed by atoms with Crippen LogP contribution < -0.4 is 4.90 Å². The van der Waals surface area contributed by atoms with Crippen LogP contribution >= 0.6 is 0 Å². The predicted octanol–water partition coefficient (Wildman–Crippen LogP) is 3.16. The summed E-state index contributed by atoms with van der Waals surface area (Å²) in [7, 11) is 0. The van der Waals surface area contributed by atoms with Gasteiger partial charge in [-0.25, -0.2) is 18.8 Å². The first-order chi connectivity index (χ1) is 12.1. The Morgan fingerprint density at radius 2 is 1.96 bits per heavy atom. The quantitative estimate of drug-likeness (QED) is 0.740. The monoisotopic (exact) mass is 340 g/mol. The van der Waals surface area contributed by atoms with E-state index in [1.54, 1.807) is 6.20 Å². The van der Waals surface area contributed by atoms with Gasteiger partial charge in [-0.2, -0.15) is 5.10 Å². The fraction of sp³-hybridized carbons (Fsp3) is 0.235. The van der Waals surface area contributed by atoms with E-state index in [0.29, 0.717) is 23.6 Å².